The van der Waals surface area contributed by atoms with Crippen molar-refractivity contribution in [2.24, 2.45) is 0 Å². The SMILES string of the molecule is C=CCn1c([C@@H]2CC(=O)N(c3cccc(C)c3)C2)nc2ccccc21. The van der Waals surface area contributed by atoms with Crippen LogP contribution in [0.25, 0.3) is 11.0 Å². The summed E-state index contributed by atoms with van der Waals surface area (Å²) in [6.07, 6.45) is 2.38. The Balaban J connectivity index is 1.71. The number of para-hydroxylation sites is 2. The van der Waals surface area contributed by atoms with E-state index in [1.807, 2.05) is 54.3 Å². The Morgan fingerprint density at radius 1 is 1.24 bits per heavy atom. The van der Waals surface area contributed by atoms with E-state index >= 15 is 0 Å². The number of anilines is 1. The van der Waals surface area contributed by atoms with Gasteiger partial charge in [0, 0.05) is 31.1 Å². The molecule has 25 heavy (non-hydrogen) atoms. The fourth-order valence-electron chi connectivity index (χ4n) is 3.65. The van der Waals surface area contributed by atoms with Crippen molar-refractivity contribution in [1.82, 2.24) is 9.55 Å². The van der Waals surface area contributed by atoms with Crippen LogP contribution in [0.4, 0.5) is 5.69 Å². The summed E-state index contributed by atoms with van der Waals surface area (Å²) in [5.74, 6) is 1.23. The van der Waals surface area contributed by atoms with Gasteiger partial charge < -0.3 is 9.47 Å². The Hall–Kier alpha value is -2.88. The van der Waals surface area contributed by atoms with Crippen molar-refractivity contribution in [3.05, 3.63) is 72.6 Å². The number of aromatic nitrogens is 2. The fraction of sp³-hybridized carbons (Fsp3) is 0.238. The van der Waals surface area contributed by atoms with Crippen molar-refractivity contribution in [3.63, 3.8) is 0 Å². The van der Waals surface area contributed by atoms with Gasteiger partial charge in [-0.15, -0.1) is 6.58 Å². The first-order valence-electron chi connectivity index (χ1n) is 8.60. The number of rotatable bonds is 4. The number of carbonyl (C=O) groups is 1. The Morgan fingerprint density at radius 3 is 2.88 bits per heavy atom. The lowest BCUT2D eigenvalue weighted by atomic mass is 10.1. The van der Waals surface area contributed by atoms with E-state index in [1.165, 1.54) is 0 Å². The van der Waals surface area contributed by atoms with Crippen molar-refractivity contribution in [1.29, 1.82) is 0 Å². The Morgan fingerprint density at radius 2 is 2.08 bits per heavy atom. The van der Waals surface area contributed by atoms with Gasteiger partial charge in [0.2, 0.25) is 5.91 Å². The van der Waals surface area contributed by atoms with Gasteiger partial charge in [-0.25, -0.2) is 4.98 Å². The first-order chi connectivity index (χ1) is 12.2. The number of allylic oxidation sites excluding steroid dienone is 1. The highest BCUT2D eigenvalue weighted by atomic mass is 16.2. The average molecular weight is 331 g/mol. The molecule has 4 rings (SSSR count). The molecule has 0 spiro atoms. The molecule has 1 saturated heterocycles. The summed E-state index contributed by atoms with van der Waals surface area (Å²) in [6, 6.07) is 16.2. The molecule has 126 valence electrons. The topological polar surface area (TPSA) is 38.1 Å². The molecule has 4 nitrogen and oxygen atoms in total. The highest BCUT2D eigenvalue weighted by molar-refractivity contribution is 5.96. The third kappa shape index (κ3) is 2.74. The van der Waals surface area contributed by atoms with E-state index in [0.717, 1.165) is 28.1 Å². The molecule has 1 amide bonds. The van der Waals surface area contributed by atoms with E-state index in [4.69, 9.17) is 4.98 Å². The van der Waals surface area contributed by atoms with Crippen LogP contribution in [0.15, 0.2) is 61.2 Å². The molecule has 1 atom stereocenters. The molecule has 0 radical (unpaired) electrons. The molecule has 0 unspecified atom stereocenters. The Labute approximate surface area is 147 Å². The summed E-state index contributed by atoms with van der Waals surface area (Å²) in [5, 5.41) is 0. The number of carbonyl (C=O) groups excluding carboxylic acids is 1. The number of hydrogen-bond donors (Lipinski definition) is 0. The number of nitrogens with zero attached hydrogens (tertiary/aromatic N) is 3. The first kappa shape index (κ1) is 15.6. The largest absolute Gasteiger partial charge is 0.324 e. The van der Waals surface area contributed by atoms with Crippen molar-refractivity contribution < 1.29 is 4.79 Å². The van der Waals surface area contributed by atoms with Crippen LogP contribution in [-0.2, 0) is 11.3 Å². The standard InChI is InChI=1S/C21H21N3O/c1-3-11-23-19-10-5-4-9-18(19)22-21(23)16-13-20(25)24(14-16)17-8-6-7-15(2)12-17/h3-10,12,16H,1,11,13-14H2,2H3/t16-/m1/s1. The second-order valence-corrected chi connectivity index (χ2v) is 6.60. The zero-order valence-electron chi connectivity index (χ0n) is 14.4. The van der Waals surface area contributed by atoms with E-state index in [0.29, 0.717) is 19.5 Å². The quantitative estimate of drug-likeness (QED) is 0.676. The van der Waals surface area contributed by atoms with Gasteiger partial charge in [0.25, 0.3) is 0 Å². The van der Waals surface area contributed by atoms with Crippen molar-refractivity contribution in [3.8, 4) is 0 Å². The number of imidazole rings is 1. The maximum absolute atomic E-state index is 12.6. The van der Waals surface area contributed by atoms with Gasteiger partial charge in [-0.3, -0.25) is 4.79 Å². The van der Waals surface area contributed by atoms with Crippen LogP contribution in [-0.4, -0.2) is 22.0 Å². The second-order valence-electron chi connectivity index (χ2n) is 6.60. The van der Waals surface area contributed by atoms with Crippen LogP contribution in [0.3, 0.4) is 0 Å². The maximum atomic E-state index is 12.6. The molecule has 1 aliphatic rings. The lowest BCUT2D eigenvalue weighted by Gasteiger charge is -2.17. The van der Waals surface area contributed by atoms with Crippen molar-refractivity contribution in [2.45, 2.75) is 25.8 Å². The van der Waals surface area contributed by atoms with E-state index < -0.39 is 0 Å². The number of fused-ring (bicyclic) bond motifs is 1. The number of amides is 1. The number of hydrogen-bond acceptors (Lipinski definition) is 2. The Kier molecular flexibility index (Phi) is 3.88. The lowest BCUT2D eigenvalue weighted by molar-refractivity contribution is -0.117. The van der Waals surface area contributed by atoms with Gasteiger partial charge >= 0.3 is 0 Å². The molecule has 2 heterocycles. The molecule has 0 aliphatic carbocycles. The maximum Gasteiger partial charge on any atom is 0.227 e. The predicted octanol–water partition coefficient (Wildman–Crippen LogP) is 4.05. The van der Waals surface area contributed by atoms with Gasteiger partial charge in [-0.1, -0.05) is 30.3 Å². The van der Waals surface area contributed by atoms with Gasteiger partial charge in [-0.2, -0.15) is 0 Å². The van der Waals surface area contributed by atoms with Crippen LogP contribution < -0.4 is 4.90 Å². The fourth-order valence-corrected chi connectivity index (χ4v) is 3.65. The van der Waals surface area contributed by atoms with Gasteiger partial charge in [-0.05, 0) is 36.8 Å². The highest BCUT2D eigenvalue weighted by Gasteiger charge is 2.34. The summed E-state index contributed by atoms with van der Waals surface area (Å²) in [4.78, 5) is 19.3. The van der Waals surface area contributed by atoms with E-state index in [-0.39, 0.29) is 11.8 Å². The molecule has 1 aromatic heterocycles. The van der Waals surface area contributed by atoms with E-state index in [1.54, 1.807) is 0 Å². The lowest BCUT2D eigenvalue weighted by Crippen LogP contribution is -2.24. The monoisotopic (exact) mass is 331 g/mol. The zero-order valence-corrected chi connectivity index (χ0v) is 14.4. The number of benzene rings is 2. The molecule has 0 N–H and O–H groups in total. The molecule has 1 aliphatic heterocycles. The molecule has 4 heteroatoms. The molecule has 1 fully saturated rings. The summed E-state index contributed by atoms with van der Waals surface area (Å²) < 4.78 is 2.18. The summed E-state index contributed by atoms with van der Waals surface area (Å²) in [7, 11) is 0. The summed E-state index contributed by atoms with van der Waals surface area (Å²) in [5.41, 5.74) is 4.20. The van der Waals surface area contributed by atoms with Gasteiger partial charge in [0.1, 0.15) is 5.82 Å². The second kappa shape index (κ2) is 6.20. The minimum atomic E-state index is 0.0976. The van der Waals surface area contributed by atoms with E-state index in [2.05, 4.69) is 23.3 Å². The van der Waals surface area contributed by atoms with Crippen LogP contribution in [0, 0.1) is 6.92 Å². The number of aryl methyl sites for hydroxylation is 1. The molecular formula is C21H21N3O. The molecular weight excluding hydrogens is 310 g/mol. The summed E-state index contributed by atoms with van der Waals surface area (Å²) in [6.45, 7) is 7.29. The average Bonchev–Trinajstić information content (AvgIpc) is 3.16. The molecule has 0 bridgehead atoms. The zero-order chi connectivity index (χ0) is 17.4. The van der Waals surface area contributed by atoms with Crippen molar-refractivity contribution >= 4 is 22.6 Å². The van der Waals surface area contributed by atoms with Crippen LogP contribution >= 0.6 is 0 Å². The molecule has 0 saturated carbocycles. The normalized spacial score (nSPS) is 17.4. The third-order valence-corrected chi connectivity index (χ3v) is 4.80. The first-order valence-corrected chi connectivity index (χ1v) is 8.60. The molecule has 3 aromatic rings. The van der Waals surface area contributed by atoms with Crippen LogP contribution in [0.2, 0.25) is 0 Å². The predicted molar refractivity (Wildman–Crippen MR) is 101 cm³/mol. The van der Waals surface area contributed by atoms with Crippen LogP contribution in [0.5, 0.6) is 0 Å². The molecule has 2 aromatic carbocycles. The van der Waals surface area contributed by atoms with Gasteiger partial charge in [0.05, 0.1) is 11.0 Å². The highest BCUT2D eigenvalue weighted by Crippen LogP contribution is 2.33. The van der Waals surface area contributed by atoms with Gasteiger partial charge in [0.15, 0.2) is 0 Å². The Bertz CT molecular complexity index is 957. The minimum Gasteiger partial charge on any atom is -0.324 e. The van der Waals surface area contributed by atoms with Crippen molar-refractivity contribution in [2.75, 3.05) is 11.4 Å². The minimum absolute atomic E-state index is 0.0976. The van der Waals surface area contributed by atoms with E-state index in [9.17, 15) is 4.79 Å². The smallest absolute Gasteiger partial charge is 0.227 e. The third-order valence-electron chi connectivity index (χ3n) is 4.80. The summed E-state index contributed by atoms with van der Waals surface area (Å²) >= 11 is 0. The van der Waals surface area contributed by atoms with Crippen LogP contribution in [0.1, 0.15) is 23.7 Å².